The number of aromatic nitrogens is 2. The Morgan fingerprint density at radius 1 is 1.10 bits per heavy atom. The molecule has 4 aromatic rings. The number of carbonyl (C=O) groups is 1. The van der Waals surface area contributed by atoms with Gasteiger partial charge < -0.3 is 0 Å². The van der Waals surface area contributed by atoms with Gasteiger partial charge in [0.05, 0.1) is 22.5 Å². The molecular formula is C23H20FN3OS. The topological polar surface area (TPSA) is 46.1 Å². The average Bonchev–Trinajstić information content (AvgIpc) is 3.16. The minimum absolute atomic E-state index is 0.257. The van der Waals surface area contributed by atoms with E-state index < -0.39 is 5.82 Å². The summed E-state index contributed by atoms with van der Waals surface area (Å²) in [6, 6.07) is 17.4. The Hall–Kier alpha value is -3.12. The van der Waals surface area contributed by atoms with E-state index in [-0.39, 0.29) is 18.0 Å². The van der Waals surface area contributed by atoms with E-state index in [2.05, 4.69) is 24.9 Å². The zero-order valence-electron chi connectivity index (χ0n) is 16.2. The second-order valence-corrected chi connectivity index (χ2v) is 8.08. The molecular weight excluding hydrogens is 385 g/mol. The van der Waals surface area contributed by atoms with Gasteiger partial charge in [-0.25, -0.2) is 9.37 Å². The van der Waals surface area contributed by atoms with Crippen molar-refractivity contribution in [3.63, 3.8) is 0 Å². The van der Waals surface area contributed by atoms with Crippen LogP contribution in [-0.4, -0.2) is 15.9 Å². The molecule has 4 nitrogen and oxygen atoms in total. The van der Waals surface area contributed by atoms with Gasteiger partial charge in [-0.1, -0.05) is 49.4 Å². The predicted octanol–water partition coefficient (Wildman–Crippen LogP) is 5.80. The van der Waals surface area contributed by atoms with E-state index in [4.69, 9.17) is 4.98 Å². The Morgan fingerprint density at radius 2 is 1.93 bits per heavy atom. The monoisotopic (exact) mass is 405 g/mol. The highest BCUT2D eigenvalue weighted by molar-refractivity contribution is 7.22. The fourth-order valence-corrected chi connectivity index (χ4v) is 4.19. The molecule has 0 aliphatic heterocycles. The summed E-state index contributed by atoms with van der Waals surface area (Å²) < 4.78 is 14.8. The van der Waals surface area contributed by atoms with Crippen molar-refractivity contribution in [1.29, 1.82) is 0 Å². The molecule has 0 saturated carbocycles. The molecule has 29 heavy (non-hydrogen) atoms. The lowest BCUT2D eigenvalue weighted by molar-refractivity contribution is 0.0984. The van der Waals surface area contributed by atoms with Crippen LogP contribution in [0.15, 0.2) is 66.9 Å². The van der Waals surface area contributed by atoms with E-state index in [0.717, 1.165) is 21.5 Å². The molecule has 0 bridgehead atoms. The Balaban J connectivity index is 1.81. The number of amides is 1. The molecule has 0 saturated heterocycles. The molecule has 2 heterocycles. The molecule has 0 N–H and O–H groups in total. The number of fused-ring (bicyclic) bond motifs is 1. The van der Waals surface area contributed by atoms with Crippen molar-refractivity contribution in [3.05, 3.63) is 89.5 Å². The summed E-state index contributed by atoms with van der Waals surface area (Å²) in [5.74, 6) is -0.433. The number of thiazole rings is 1. The third kappa shape index (κ3) is 4.03. The number of benzene rings is 2. The van der Waals surface area contributed by atoms with Crippen molar-refractivity contribution in [2.45, 2.75) is 26.3 Å². The van der Waals surface area contributed by atoms with Crippen molar-refractivity contribution in [2.75, 3.05) is 4.90 Å². The SMILES string of the molecule is CC(C)c1cccc2sc(N(Cc3ccccn3)C(=O)c3cccc(F)c3)nc12. The van der Waals surface area contributed by atoms with Gasteiger partial charge in [-0.05, 0) is 47.9 Å². The highest BCUT2D eigenvalue weighted by atomic mass is 32.1. The van der Waals surface area contributed by atoms with Crippen molar-refractivity contribution >= 4 is 32.6 Å². The molecule has 0 radical (unpaired) electrons. The van der Waals surface area contributed by atoms with E-state index in [1.54, 1.807) is 17.2 Å². The number of halogens is 1. The summed E-state index contributed by atoms with van der Waals surface area (Å²) in [6.45, 7) is 4.50. The molecule has 2 aromatic heterocycles. The fourth-order valence-electron chi connectivity index (χ4n) is 3.20. The van der Waals surface area contributed by atoms with Crippen LogP contribution < -0.4 is 4.90 Å². The van der Waals surface area contributed by atoms with Gasteiger partial charge in [0.2, 0.25) is 0 Å². The smallest absolute Gasteiger partial charge is 0.260 e. The highest BCUT2D eigenvalue weighted by Crippen LogP contribution is 2.34. The first-order chi connectivity index (χ1) is 14.0. The fraction of sp³-hybridized carbons (Fsp3) is 0.174. The molecule has 0 aliphatic rings. The van der Waals surface area contributed by atoms with E-state index in [1.165, 1.54) is 29.5 Å². The lowest BCUT2D eigenvalue weighted by atomic mass is 10.0. The number of rotatable bonds is 5. The van der Waals surface area contributed by atoms with Gasteiger partial charge in [-0.15, -0.1) is 0 Å². The first-order valence-electron chi connectivity index (χ1n) is 9.39. The lowest BCUT2D eigenvalue weighted by Gasteiger charge is -2.19. The zero-order chi connectivity index (χ0) is 20.4. The summed E-state index contributed by atoms with van der Waals surface area (Å²) >= 11 is 1.46. The molecule has 0 fully saturated rings. The summed E-state index contributed by atoms with van der Waals surface area (Å²) in [7, 11) is 0. The molecule has 0 atom stereocenters. The Labute approximate surface area is 172 Å². The summed E-state index contributed by atoms with van der Waals surface area (Å²) in [6.07, 6.45) is 1.69. The van der Waals surface area contributed by atoms with Gasteiger partial charge in [-0.2, -0.15) is 0 Å². The molecule has 0 unspecified atom stereocenters. The van der Waals surface area contributed by atoms with Crippen LogP contribution in [0.5, 0.6) is 0 Å². The lowest BCUT2D eigenvalue weighted by Crippen LogP contribution is -2.30. The number of nitrogens with zero attached hydrogens (tertiary/aromatic N) is 3. The Morgan fingerprint density at radius 3 is 2.66 bits per heavy atom. The summed E-state index contributed by atoms with van der Waals surface area (Å²) in [4.78, 5) is 24.0. The molecule has 146 valence electrons. The van der Waals surface area contributed by atoms with Crippen molar-refractivity contribution in [2.24, 2.45) is 0 Å². The number of pyridine rings is 1. The van der Waals surface area contributed by atoms with Crippen LogP contribution in [0.3, 0.4) is 0 Å². The van der Waals surface area contributed by atoms with Crippen LogP contribution in [0, 0.1) is 5.82 Å². The van der Waals surface area contributed by atoms with E-state index in [0.29, 0.717) is 11.0 Å². The van der Waals surface area contributed by atoms with Gasteiger partial charge in [-0.3, -0.25) is 14.7 Å². The van der Waals surface area contributed by atoms with Crippen LogP contribution >= 0.6 is 11.3 Å². The van der Waals surface area contributed by atoms with Gasteiger partial charge in [0.15, 0.2) is 5.13 Å². The first kappa shape index (κ1) is 19.2. The number of carbonyl (C=O) groups excluding carboxylic acids is 1. The summed E-state index contributed by atoms with van der Waals surface area (Å²) in [5.41, 5.74) is 3.06. The largest absolute Gasteiger partial charge is 0.278 e. The molecule has 4 rings (SSSR count). The van der Waals surface area contributed by atoms with Gasteiger partial charge in [0, 0.05) is 11.8 Å². The molecule has 0 aliphatic carbocycles. The zero-order valence-corrected chi connectivity index (χ0v) is 17.0. The maximum Gasteiger partial charge on any atom is 0.260 e. The second-order valence-electron chi connectivity index (χ2n) is 7.07. The maximum atomic E-state index is 13.7. The average molecular weight is 405 g/mol. The Bertz CT molecular complexity index is 1160. The van der Waals surface area contributed by atoms with Crippen LogP contribution in [0.2, 0.25) is 0 Å². The van der Waals surface area contributed by atoms with Crippen LogP contribution in [-0.2, 0) is 6.54 Å². The number of hydrogen-bond acceptors (Lipinski definition) is 4. The van der Waals surface area contributed by atoms with Crippen molar-refractivity contribution in [3.8, 4) is 0 Å². The maximum absolute atomic E-state index is 13.7. The van der Waals surface area contributed by atoms with Gasteiger partial charge in [0.1, 0.15) is 5.82 Å². The minimum atomic E-state index is -0.444. The molecule has 1 amide bonds. The standard InChI is InChI=1S/C23H20FN3OS/c1-15(2)19-10-6-11-20-21(19)26-23(29-20)27(14-18-9-3-4-12-25-18)22(28)16-7-5-8-17(24)13-16/h3-13,15H,14H2,1-2H3. The highest BCUT2D eigenvalue weighted by Gasteiger charge is 2.23. The third-order valence-corrected chi connectivity index (χ3v) is 5.70. The van der Waals surface area contributed by atoms with E-state index >= 15 is 0 Å². The second kappa shape index (κ2) is 8.09. The van der Waals surface area contributed by atoms with Gasteiger partial charge in [0.25, 0.3) is 5.91 Å². The number of anilines is 1. The Kier molecular flexibility index (Phi) is 5.36. The van der Waals surface area contributed by atoms with E-state index in [9.17, 15) is 9.18 Å². The normalized spacial score (nSPS) is 11.2. The quantitative estimate of drug-likeness (QED) is 0.421. The van der Waals surface area contributed by atoms with Crippen molar-refractivity contribution < 1.29 is 9.18 Å². The number of para-hydroxylation sites is 1. The van der Waals surface area contributed by atoms with E-state index in [1.807, 2.05) is 30.3 Å². The van der Waals surface area contributed by atoms with Crippen LogP contribution in [0.4, 0.5) is 9.52 Å². The first-order valence-corrected chi connectivity index (χ1v) is 10.2. The number of hydrogen-bond donors (Lipinski definition) is 0. The molecule has 6 heteroatoms. The third-order valence-electron chi connectivity index (χ3n) is 4.65. The molecule has 2 aromatic carbocycles. The predicted molar refractivity (Wildman–Crippen MR) is 115 cm³/mol. The molecule has 0 spiro atoms. The van der Waals surface area contributed by atoms with Crippen LogP contribution in [0.25, 0.3) is 10.2 Å². The minimum Gasteiger partial charge on any atom is -0.278 e. The van der Waals surface area contributed by atoms with Gasteiger partial charge >= 0.3 is 0 Å². The van der Waals surface area contributed by atoms with Crippen molar-refractivity contribution in [1.82, 2.24) is 9.97 Å². The van der Waals surface area contributed by atoms with Crippen LogP contribution in [0.1, 0.15) is 41.4 Å². The summed E-state index contributed by atoms with van der Waals surface area (Å²) in [5, 5.41) is 0.577.